The van der Waals surface area contributed by atoms with Crippen molar-refractivity contribution in [3.05, 3.63) is 65.7 Å². The van der Waals surface area contributed by atoms with E-state index in [0.29, 0.717) is 12.6 Å². The lowest BCUT2D eigenvalue weighted by Crippen LogP contribution is -2.43. The number of carbonyl (C=O) groups excluding carboxylic acids is 1. The van der Waals surface area contributed by atoms with Crippen molar-refractivity contribution < 1.29 is 9.53 Å². The minimum absolute atomic E-state index is 0.0547. The lowest BCUT2D eigenvalue weighted by Gasteiger charge is -2.37. The molecule has 0 amide bonds. The van der Waals surface area contributed by atoms with E-state index in [1.54, 1.807) is 11.8 Å². The molecule has 0 atom stereocenters. The number of carbonyl (C=O) groups is 1. The van der Waals surface area contributed by atoms with Gasteiger partial charge in [-0.3, -0.25) is 4.79 Å². The van der Waals surface area contributed by atoms with Crippen LogP contribution in [-0.4, -0.2) is 31.0 Å². The van der Waals surface area contributed by atoms with E-state index in [-0.39, 0.29) is 11.9 Å². The molecule has 1 fully saturated rings. The SMILES string of the molecule is CN(C)C1CC(C(=O)OCc2ccccc2SCc2ccccc2)C1. The Labute approximate surface area is 154 Å². The van der Waals surface area contributed by atoms with Crippen LogP contribution in [0.1, 0.15) is 24.0 Å². The fourth-order valence-corrected chi connectivity index (χ4v) is 3.97. The van der Waals surface area contributed by atoms with Crippen LogP contribution in [0.4, 0.5) is 0 Å². The molecule has 2 aromatic rings. The lowest BCUT2D eigenvalue weighted by molar-refractivity contribution is -0.155. The zero-order chi connectivity index (χ0) is 17.6. The molecule has 0 radical (unpaired) electrons. The maximum atomic E-state index is 12.2. The Morgan fingerprint density at radius 1 is 1.08 bits per heavy atom. The summed E-state index contributed by atoms with van der Waals surface area (Å²) in [7, 11) is 4.12. The van der Waals surface area contributed by atoms with Gasteiger partial charge in [-0.05, 0) is 38.6 Å². The molecule has 0 saturated heterocycles. The molecule has 3 rings (SSSR count). The van der Waals surface area contributed by atoms with E-state index in [1.165, 1.54) is 10.5 Å². The Morgan fingerprint density at radius 2 is 1.76 bits per heavy atom. The molecule has 0 bridgehead atoms. The molecule has 2 aromatic carbocycles. The van der Waals surface area contributed by atoms with Crippen molar-refractivity contribution in [3.8, 4) is 0 Å². The van der Waals surface area contributed by atoms with Gasteiger partial charge in [-0.15, -0.1) is 11.8 Å². The predicted molar refractivity (Wildman–Crippen MR) is 102 cm³/mol. The van der Waals surface area contributed by atoms with Crippen LogP contribution in [0, 0.1) is 5.92 Å². The smallest absolute Gasteiger partial charge is 0.309 e. The fraction of sp³-hybridized carbons (Fsp3) is 0.381. The second-order valence-corrected chi connectivity index (χ2v) is 7.79. The topological polar surface area (TPSA) is 29.5 Å². The summed E-state index contributed by atoms with van der Waals surface area (Å²) in [6, 6.07) is 19.1. The third kappa shape index (κ3) is 4.86. The van der Waals surface area contributed by atoms with Crippen LogP contribution in [0.25, 0.3) is 0 Å². The number of hydrogen-bond acceptors (Lipinski definition) is 4. The third-order valence-electron chi connectivity index (χ3n) is 4.76. The van der Waals surface area contributed by atoms with E-state index in [9.17, 15) is 4.79 Å². The molecular formula is C21H25NO2S. The van der Waals surface area contributed by atoms with Crippen LogP contribution in [-0.2, 0) is 21.9 Å². The van der Waals surface area contributed by atoms with Crippen molar-refractivity contribution in [1.29, 1.82) is 0 Å². The van der Waals surface area contributed by atoms with Gasteiger partial charge in [0.15, 0.2) is 0 Å². The highest BCUT2D eigenvalue weighted by atomic mass is 32.2. The van der Waals surface area contributed by atoms with Gasteiger partial charge < -0.3 is 9.64 Å². The zero-order valence-corrected chi connectivity index (χ0v) is 15.7. The molecule has 1 aliphatic carbocycles. The molecule has 0 heterocycles. The van der Waals surface area contributed by atoms with Gasteiger partial charge in [0.05, 0.1) is 5.92 Å². The number of rotatable bonds is 7. The van der Waals surface area contributed by atoms with Crippen molar-refractivity contribution in [3.63, 3.8) is 0 Å². The molecule has 25 heavy (non-hydrogen) atoms. The monoisotopic (exact) mass is 355 g/mol. The molecule has 0 spiro atoms. The largest absolute Gasteiger partial charge is 0.461 e. The van der Waals surface area contributed by atoms with Crippen LogP contribution in [0.15, 0.2) is 59.5 Å². The minimum atomic E-state index is -0.0547. The standard InChI is InChI=1S/C21H25NO2S/c1-22(2)19-12-18(13-19)21(23)24-14-17-10-6-7-11-20(17)25-15-16-8-4-3-5-9-16/h3-11,18-19H,12-15H2,1-2H3. The second-order valence-electron chi connectivity index (χ2n) is 6.78. The molecule has 4 heteroatoms. The molecule has 0 aromatic heterocycles. The van der Waals surface area contributed by atoms with E-state index in [1.807, 2.05) is 24.3 Å². The molecule has 3 nitrogen and oxygen atoms in total. The van der Waals surface area contributed by atoms with E-state index in [0.717, 1.165) is 24.2 Å². The molecule has 0 N–H and O–H groups in total. The first kappa shape index (κ1) is 18.0. The summed E-state index contributed by atoms with van der Waals surface area (Å²) in [6.07, 6.45) is 1.83. The van der Waals surface area contributed by atoms with Crippen LogP contribution in [0.3, 0.4) is 0 Å². The summed E-state index contributed by atoms with van der Waals surface area (Å²) in [6.45, 7) is 0.361. The zero-order valence-electron chi connectivity index (χ0n) is 14.9. The number of ether oxygens (including phenoxy) is 1. The summed E-state index contributed by atoms with van der Waals surface area (Å²) < 4.78 is 5.58. The fourth-order valence-electron chi connectivity index (χ4n) is 2.97. The Balaban J connectivity index is 1.52. The summed E-state index contributed by atoms with van der Waals surface area (Å²) in [5, 5.41) is 0. The first-order valence-electron chi connectivity index (χ1n) is 8.71. The normalized spacial score (nSPS) is 19.5. The van der Waals surface area contributed by atoms with Crippen LogP contribution < -0.4 is 0 Å². The van der Waals surface area contributed by atoms with E-state index < -0.39 is 0 Å². The van der Waals surface area contributed by atoms with Gasteiger partial charge in [-0.1, -0.05) is 48.5 Å². The lowest BCUT2D eigenvalue weighted by atomic mass is 9.80. The molecular weight excluding hydrogens is 330 g/mol. The quantitative estimate of drug-likeness (QED) is 0.545. The Kier molecular flexibility index (Phi) is 6.16. The summed E-state index contributed by atoms with van der Waals surface area (Å²) in [4.78, 5) is 15.6. The first-order chi connectivity index (χ1) is 12.1. The number of hydrogen-bond donors (Lipinski definition) is 0. The van der Waals surface area contributed by atoms with Crippen molar-refractivity contribution in [2.24, 2.45) is 5.92 Å². The third-order valence-corrected chi connectivity index (χ3v) is 5.94. The van der Waals surface area contributed by atoms with Crippen LogP contribution >= 0.6 is 11.8 Å². The Hall–Kier alpha value is -1.78. The maximum Gasteiger partial charge on any atom is 0.309 e. The molecule has 0 unspecified atom stereocenters. The summed E-state index contributed by atoms with van der Waals surface area (Å²) in [5.74, 6) is 0.927. The molecule has 0 aliphatic heterocycles. The maximum absolute atomic E-state index is 12.2. The average Bonchev–Trinajstić information content (AvgIpc) is 2.58. The Bertz CT molecular complexity index is 696. The average molecular weight is 356 g/mol. The number of nitrogens with zero attached hydrogens (tertiary/aromatic N) is 1. The summed E-state index contributed by atoms with van der Waals surface area (Å²) >= 11 is 1.79. The molecule has 1 saturated carbocycles. The highest BCUT2D eigenvalue weighted by molar-refractivity contribution is 7.98. The highest BCUT2D eigenvalue weighted by Gasteiger charge is 2.36. The van der Waals surface area contributed by atoms with Gasteiger partial charge in [0.25, 0.3) is 0 Å². The number of esters is 1. The minimum Gasteiger partial charge on any atom is -0.461 e. The Morgan fingerprint density at radius 3 is 2.48 bits per heavy atom. The van der Waals surface area contributed by atoms with Gasteiger partial charge in [0.2, 0.25) is 0 Å². The van der Waals surface area contributed by atoms with Gasteiger partial charge in [-0.2, -0.15) is 0 Å². The van der Waals surface area contributed by atoms with Crippen LogP contribution in [0.2, 0.25) is 0 Å². The predicted octanol–water partition coefficient (Wildman–Crippen LogP) is 4.36. The van der Waals surface area contributed by atoms with Gasteiger partial charge in [0.1, 0.15) is 6.61 Å². The second kappa shape index (κ2) is 8.54. The van der Waals surface area contributed by atoms with Crippen molar-refractivity contribution >= 4 is 17.7 Å². The van der Waals surface area contributed by atoms with Gasteiger partial charge in [0, 0.05) is 22.3 Å². The number of thioether (sulfide) groups is 1. The van der Waals surface area contributed by atoms with Crippen molar-refractivity contribution in [1.82, 2.24) is 4.90 Å². The van der Waals surface area contributed by atoms with Gasteiger partial charge >= 0.3 is 5.97 Å². The van der Waals surface area contributed by atoms with Crippen molar-refractivity contribution in [2.75, 3.05) is 14.1 Å². The van der Waals surface area contributed by atoms with E-state index >= 15 is 0 Å². The highest BCUT2D eigenvalue weighted by Crippen LogP contribution is 2.32. The van der Waals surface area contributed by atoms with E-state index in [4.69, 9.17) is 4.74 Å². The first-order valence-corrected chi connectivity index (χ1v) is 9.69. The number of benzene rings is 2. The summed E-state index contributed by atoms with van der Waals surface area (Å²) in [5.41, 5.74) is 2.38. The van der Waals surface area contributed by atoms with Gasteiger partial charge in [-0.25, -0.2) is 0 Å². The molecule has 1 aliphatic rings. The van der Waals surface area contributed by atoms with E-state index in [2.05, 4.69) is 49.3 Å². The van der Waals surface area contributed by atoms with Crippen LogP contribution in [0.5, 0.6) is 0 Å². The van der Waals surface area contributed by atoms with Crippen molar-refractivity contribution in [2.45, 2.75) is 36.1 Å². The molecule has 132 valence electrons.